The van der Waals surface area contributed by atoms with Crippen LogP contribution >= 0.6 is 0 Å². The Bertz CT molecular complexity index is 305. The Balaban J connectivity index is 3.40. The Kier molecular flexibility index (Phi) is 2.27. The van der Waals surface area contributed by atoms with Gasteiger partial charge in [-0.3, -0.25) is 0 Å². The number of phenolic OH excluding ortho intramolecular Hbond substituents is 1. The third-order valence-electron chi connectivity index (χ3n) is 2.30. The molecule has 1 rings (SSSR count). The van der Waals surface area contributed by atoms with E-state index < -0.39 is 0 Å². The van der Waals surface area contributed by atoms with Crippen LogP contribution in [0.1, 0.15) is 23.6 Å². The molecule has 2 nitrogen and oxygen atoms in total. The first-order chi connectivity index (χ1) is 5.57. The van der Waals surface area contributed by atoms with Crippen LogP contribution in [0.3, 0.4) is 0 Å². The van der Waals surface area contributed by atoms with Crippen LogP contribution in [0.2, 0.25) is 0 Å². The predicted octanol–water partition coefficient (Wildman–Crippen LogP) is 2.15. The maximum atomic E-state index is 9.54. The van der Waals surface area contributed by atoms with Crippen LogP contribution in [-0.2, 0) is 6.42 Å². The number of aromatic hydroxyl groups is 1. The van der Waals surface area contributed by atoms with Crippen LogP contribution in [0.15, 0.2) is 6.07 Å². The monoisotopic (exact) mass is 165 g/mol. The topological polar surface area (TPSA) is 46.2 Å². The molecule has 3 N–H and O–H groups in total. The first-order valence-corrected chi connectivity index (χ1v) is 4.15. The van der Waals surface area contributed by atoms with Crippen molar-refractivity contribution in [3.63, 3.8) is 0 Å². The number of rotatable bonds is 1. The van der Waals surface area contributed by atoms with Gasteiger partial charge in [-0.05, 0) is 43.0 Å². The van der Waals surface area contributed by atoms with Crippen molar-refractivity contribution in [2.24, 2.45) is 0 Å². The number of aryl methyl sites for hydroxylation is 1. The van der Waals surface area contributed by atoms with Gasteiger partial charge < -0.3 is 10.8 Å². The summed E-state index contributed by atoms with van der Waals surface area (Å²) in [4.78, 5) is 0. The number of phenols is 1. The average Bonchev–Trinajstić information content (AvgIpc) is 2.01. The van der Waals surface area contributed by atoms with Crippen molar-refractivity contribution >= 4 is 5.69 Å². The van der Waals surface area contributed by atoms with E-state index in [1.54, 1.807) is 6.07 Å². The molecule has 12 heavy (non-hydrogen) atoms. The first kappa shape index (κ1) is 8.91. The van der Waals surface area contributed by atoms with Crippen molar-refractivity contribution in [1.29, 1.82) is 0 Å². The van der Waals surface area contributed by atoms with E-state index in [1.165, 1.54) is 0 Å². The molecule has 2 heteroatoms. The molecule has 66 valence electrons. The van der Waals surface area contributed by atoms with Gasteiger partial charge in [0.25, 0.3) is 0 Å². The molecule has 0 bridgehead atoms. The van der Waals surface area contributed by atoms with E-state index in [-0.39, 0.29) is 0 Å². The van der Waals surface area contributed by atoms with Gasteiger partial charge in [0, 0.05) is 5.69 Å². The first-order valence-electron chi connectivity index (χ1n) is 4.15. The molecule has 0 atom stereocenters. The molecule has 0 fully saturated rings. The van der Waals surface area contributed by atoms with Crippen LogP contribution in [0.5, 0.6) is 5.75 Å². The van der Waals surface area contributed by atoms with Gasteiger partial charge in [-0.1, -0.05) is 6.92 Å². The van der Waals surface area contributed by atoms with E-state index in [0.717, 1.165) is 28.8 Å². The average molecular weight is 165 g/mol. The van der Waals surface area contributed by atoms with Gasteiger partial charge in [0.1, 0.15) is 5.75 Å². The Morgan fingerprint density at radius 1 is 1.42 bits per heavy atom. The van der Waals surface area contributed by atoms with Gasteiger partial charge in [-0.25, -0.2) is 0 Å². The molecule has 0 radical (unpaired) electrons. The lowest BCUT2D eigenvalue weighted by molar-refractivity contribution is 0.468. The SMILES string of the molecule is CCc1c(O)cc(C)c(N)c1C. The maximum Gasteiger partial charge on any atom is 0.119 e. The second-order valence-electron chi connectivity index (χ2n) is 3.08. The number of hydrogen-bond acceptors (Lipinski definition) is 2. The molecule has 0 aliphatic carbocycles. The smallest absolute Gasteiger partial charge is 0.119 e. The fraction of sp³-hybridized carbons (Fsp3) is 0.400. The zero-order valence-electron chi connectivity index (χ0n) is 7.81. The Hall–Kier alpha value is -1.18. The predicted molar refractivity (Wildman–Crippen MR) is 51.4 cm³/mol. The van der Waals surface area contributed by atoms with Crippen molar-refractivity contribution in [3.8, 4) is 5.75 Å². The number of anilines is 1. The highest BCUT2D eigenvalue weighted by Crippen LogP contribution is 2.29. The van der Waals surface area contributed by atoms with Crippen LogP contribution in [-0.4, -0.2) is 5.11 Å². The minimum Gasteiger partial charge on any atom is -0.508 e. The van der Waals surface area contributed by atoms with Gasteiger partial charge in [0.05, 0.1) is 0 Å². The molecule has 0 aliphatic heterocycles. The zero-order chi connectivity index (χ0) is 9.30. The molecule has 0 heterocycles. The van der Waals surface area contributed by atoms with Crippen LogP contribution < -0.4 is 5.73 Å². The molecule has 0 amide bonds. The zero-order valence-corrected chi connectivity index (χ0v) is 7.81. The fourth-order valence-electron chi connectivity index (χ4n) is 1.47. The van der Waals surface area contributed by atoms with Gasteiger partial charge in [-0.15, -0.1) is 0 Å². The fourth-order valence-corrected chi connectivity index (χ4v) is 1.47. The largest absolute Gasteiger partial charge is 0.508 e. The summed E-state index contributed by atoms with van der Waals surface area (Å²) in [6.07, 6.45) is 0.822. The van der Waals surface area contributed by atoms with Gasteiger partial charge in [0.15, 0.2) is 0 Å². The molecule has 0 saturated carbocycles. The highest BCUT2D eigenvalue weighted by atomic mass is 16.3. The molecular weight excluding hydrogens is 150 g/mol. The number of nitrogen functional groups attached to an aromatic ring is 1. The minimum atomic E-state index is 0.363. The number of nitrogens with two attached hydrogens (primary N) is 1. The maximum absolute atomic E-state index is 9.54. The van der Waals surface area contributed by atoms with Crippen molar-refractivity contribution in [2.45, 2.75) is 27.2 Å². The van der Waals surface area contributed by atoms with E-state index in [9.17, 15) is 5.11 Å². The Morgan fingerprint density at radius 3 is 2.50 bits per heavy atom. The second-order valence-corrected chi connectivity index (χ2v) is 3.08. The van der Waals surface area contributed by atoms with E-state index >= 15 is 0 Å². The number of benzene rings is 1. The Morgan fingerprint density at radius 2 is 2.00 bits per heavy atom. The van der Waals surface area contributed by atoms with Crippen LogP contribution in [0.4, 0.5) is 5.69 Å². The normalized spacial score (nSPS) is 10.2. The third-order valence-corrected chi connectivity index (χ3v) is 2.30. The summed E-state index contributed by atoms with van der Waals surface area (Å²) in [6, 6.07) is 1.72. The lowest BCUT2D eigenvalue weighted by Crippen LogP contribution is -1.98. The molecule has 1 aromatic rings. The lowest BCUT2D eigenvalue weighted by Gasteiger charge is -2.11. The van der Waals surface area contributed by atoms with Gasteiger partial charge in [-0.2, -0.15) is 0 Å². The third kappa shape index (κ3) is 1.24. The van der Waals surface area contributed by atoms with Crippen molar-refractivity contribution in [3.05, 3.63) is 22.8 Å². The Labute approximate surface area is 73.0 Å². The number of hydrogen-bond donors (Lipinski definition) is 2. The van der Waals surface area contributed by atoms with Crippen molar-refractivity contribution in [2.75, 3.05) is 5.73 Å². The minimum absolute atomic E-state index is 0.363. The molecule has 0 saturated heterocycles. The summed E-state index contributed by atoms with van der Waals surface area (Å²) in [5.74, 6) is 0.363. The van der Waals surface area contributed by atoms with Gasteiger partial charge in [0.2, 0.25) is 0 Å². The highest BCUT2D eigenvalue weighted by molar-refractivity contribution is 5.60. The van der Waals surface area contributed by atoms with Crippen LogP contribution in [0.25, 0.3) is 0 Å². The summed E-state index contributed by atoms with van der Waals surface area (Å²) in [5.41, 5.74) is 9.52. The molecule has 0 spiro atoms. The molecule has 1 aromatic carbocycles. The standard InChI is InChI=1S/C10H15NO/c1-4-8-7(3)10(11)6(2)5-9(8)12/h5,12H,4,11H2,1-3H3. The molecule has 0 aliphatic rings. The molecular formula is C10H15NO. The van der Waals surface area contributed by atoms with E-state index in [0.29, 0.717) is 5.75 Å². The van der Waals surface area contributed by atoms with E-state index in [2.05, 4.69) is 0 Å². The summed E-state index contributed by atoms with van der Waals surface area (Å²) < 4.78 is 0. The quantitative estimate of drug-likeness (QED) is 0.494. The lowest BCUT2D eigenvalue weighted by atomic mass is 10.00. The molecule has 0 aromatic heterocycles. The highest BCUT2D eigenvalue weighted by Gasteiger charge is 2.07. The van der Waals surface area contributed by atoms with Crippen molar-refractivity contribution in [1.82, 2.24) is 0 Å². The van der Waals surface area contributed by atoms with E-state index in [4.69, 9.17) is 5.73 Å². The van der Waals surface area contributed by atoms with Crippen LogP contribution in [0, 0.1) is 13.8 Å². The summed E-state index contributed by atoms with van der Waals surface area (Å²) >= 11 is 0. The molecule has 0 unspecified atom stereocenters. The van der Waals surface area contributed by atoms with Crippen molar-refractivity contribution < 1.29 is 5.11 Å². The summed E-state index contributed by atoms with van der Waals surface area (Å²) in [6.45, 7) is 5.86. The summed E-state index contributed by atoms with van der Waals surface area (Å²) in [7, 11) is 0. The van der Waals surface area contributed by atoms with Gasteiger partial charge >= 0.3 is 0 Å². The second kappa shape index (κ2) is 3.05. The van der Waals surface area contributed by atoms with E-state index in [1.807, 2.05) is 20.8 Å². The summed E-state index contributed by atoms with van der Waals surface area (Å²) in [5, 5.41) is 9.54.